The van der Waals surface area contributed by atoms with E-state index in [2.05, 4.69) is 12.2 Å². The number of nitrogens with zero attached hydrogens (tertiary/aromatic N) is 1. The van der Waals surface area contributed by atoms with Crippen LogP contribution in [0.25, 0.3) is 0 Å². The summed E-state index contributed by atoms with van der Waals surface area (Å²) >= 11 is 0. The summed E-state index contributed by atoms with van der Waals surface area (Å²) in [5.41, 5.74) is 1.20. The molecule has 0 saturated carbocycles. The van der Waals surface area contributed by atoms with Crippen molar-refractivity contribution < 1.29 is 14.3 Å². The van der Waals surface area contributed by atoms with E-state index in [-0.39, 0.29) is 11.8 Å². The Labute approximate surface area is 125 Å². The lowest BCUT2D eigenvalue weighted by Gasteiger charge is -2.26. The summed E-state index contributed by atoms with van der Waals surface area (Å²) in [4.78, 5) is 25.9. The lowest BCUT2D eigenvalue weighted by Crippen LogP contribution is -2.40. The molecule has 21 heavy (non-hydrogen) atoms. The molecule has 0 radical (unpaired) electrons. The van der Waals surface area contributed by atoms with Crippen molar-refractivity contribution >= 4 is 11.8 Å². The van der Waals surface area contributed by atoms with Crippen LogP contribution in [0, 0.1) is 0 Å². The molecule has 1 aromatic carbocycles. The van der Waals surface area contributed by atoms with Crippen LogP contribution in [0.4, 0.5) is 0 Å². The average Bonchev–Trinajstić information content (AvgIpc) is 2.55. The van der Waals surface area contributed by atoms with Gasteiger partial charge in [-0.15, -0.1) is 0 Å². The third kappa shape index (κ3) is 4.29. The Hall–Kier alpha value is -1.88. The lowest BCUT2D eigenvalue weighted by molar-refractivity contribution is 0.0303. The van der Waals surface area contributed by atoms with E-state index in [0.717, 1.165) is 12.8 Å². The number of morpholine rings is 1. The second-order valence-corrected chi connectivity index (χ2v) is 5.09. The van der Waals surface area contributed by atoms with Crippen molar-refractivity contribution in [1.82, 2.24) is 10.2 Å². The van der Waals surface area contributed by atoms with Crippen molar-refractivity contribution in [2.45, 2.75) is 19.8 Å². The standard InChI is InChI=1S/C16H22N2O3/c1-2-3-8-17-15(19)13-4-6-14(7-5-13)16(20)18-9-11-21-12-10-18/h4-7H,2-3,8-12H2,1H3,(H,17,19). The van der Waals surface area contributed by atoms with Gasteiger partial charge in [0.2, 0.25) is 0 Å². The zero-order valence-corrected chi connectivity index (χ0v) is 12.4. The molecule has 1 saturated heterocycles. The molecule has 0 bridgehead atoms. The highest BCUT2D eigenvalue weighted by molar-refractivity contribution is 5.97. The van der Waals surface area contributed by atoms with Crippen molar-refractivity contribution in [2.75, 3.05) is 32.8 Å². The van der Waals surface area contributed by atoms with E-state index in [1.807, 2.05) is 0 Å². The maximum absolute atomic E-state index is 12.3. The van der Waals surface area contributed by atoms with E-state index < -0.39 is 0 Å². The molecule has 0 unspecified atom stereocenters. The van der Waals surface area contributed by atoms with E-state index in [9.17, 15) is 9.59 Å². The first kappa shape index (κ1) is 15.5. The van der Waals surface area contributed by atoms with E-state index >= 15 is 0 Å². The predicted octanol–water partition coefficient (Wildman–Crippen LogP) is 1.69. The monoisotopic (exact) mass is 290 g/mol. The topological polar surface area (TPSA) is 58.6 Å². The van der Waals surface area contributed by atoms with Gasteiger partial charge >= 0.3 is 0 Å². The van der Waals surface area contributed by atoms with Crippen LogP contribution in [0.2, 0.25) is 0 Å². The smallest absolute Gasteiger partial charge is 0.254 e. The summed E-state index contributed by atoms with van der Waals surface area (Å²) < 4.78 is 5.24. The lowest BCUT2D eigenvalue weighted by atomic mass is 10.1. The van der Waals surface area contributed by atoms with Gasteiger partial charge in [-0.05, 0) is 30.7 Å². The number of amides is 2. The third-order valence-electron chi connectivity index (χ3n) is 3.51. The van der Waals surface area contributed by atoms with Gasteiger partial charge in [0.15, 0.2) is 0 Å². The Kier molecular flexibility index (Phi) is 5.75. The highest BCUT2D eigenvalue weighted by atomic mass is 16.5. The number of nitrogens with one attached hydrogen (secondary N) is 1. The predicted molar refractivity (Wildman–Crippen MR) is 80.4 cm³/mol. The number of ether oxygens (including phenoxy) is 1. The SMILES string of the molecule is CCCCNC(=O)c1ccc(C(=O)N2CCOCC2)cc1. The van der Waals surface area contributed by atoms with Gasteiger partial charge in [0.25, 0.3) is 11.8 Å². The van der Waals surface area contributed by atoms with Crippen LogP contribution >= 0.6 is 0 Å². The van der Waals surface area contributed by atoms with Crippen LogP contribution in [-0.2, 0) is 4.74 Å². The number of rotatable bonds is 5. The Bertz CT molecular complexity index is 479. The maximum atomic E-state index is 12.3. The summed E-state index contributed by atoms with van der Waals surface area (Å²) in [6.45, 7) is 5.19. The Morgan fingerprint density at radius 1 is 1.14 bits per heavy atom. The summed E-state index contributed by atoms with van der Waals surface area (Å²) in [6.07, 6.45) is 2.02. The first-order valence-corrected chi connectivity index (χ1v) is 7.47. The van der Waals surface area contributed by atoms with Crippen molar-refractivity contribution in [3.8, 4) is 0 Å². The van der Waals surface area contributed by atoms with Crippen LogP contribution < -0.4 is 5.32 Å². The molecule has 1 fully saturated rings. The van der Waals surface area contributed by atoms with E-state index in [0.29, 0.717) is 44.0 Å². The third-order valence-corrected chi connectivity index (χ3v) is 3.51. The first-order valence-electron chi connectivity index (χ1n) is 7.47. The largest absolute Gasteiger partial charge is 0.378 e. The normalized spacial score (nSPS) is 14.8. The van der Waals surface area contributed by atoms with Gasteiger partial charge in [-0.25, -0.2) is 0 Å². The quantitative estimate of drug-likeness (QED) is 0.840. The van der Waals surface area contributed by atoms with Crippen molar-refractivity contribution in [1.29, 1.82) is 0 Å². The van der Waals surface area contributed by atoms with Crippen molar-refractivity contribution in [2.24, 2.45) is 0 Å². The van der Waals surface area contributed by atoms with Crippen LogP contribution in [0.15, 0.2) is 24.3 Å². The molecule has 5 nitrogen and oxygen atoms in total. The number of carbonyl (C=O) groups is 2. The maximum Gasteiger partial charge on any atom is 0.254 e. The molecule has 0 aromatic heterocycles. The van der Waals surface area contributed by atoms with E-state index in [4.69, 9.17) is 4.74 Å². The molecule has 0 spiro atoms. The summed E-state index contributed by atoms with van der Waals surface area (Å²) in [7, 11) is 0. The minimum absolute atomic E-state index is 0.00348. The number of benzene rings is 1. The molecule has 2 amide bonds. The summed E-state index contributed by atoms with van der Waals surface area (Å²) in [5.74, 6) is -0.0925. The number of hydrogen-bond acceptors (Lipinski definition) is 3. The summed E-state index contributed by atoms with van der Waals surface area (Å²) in [6, 6.07) is 6.84. The van der Waals surface area contributed by atoms with Gasteiger partial charge in [-0.2, -0.15) is 0 Å². The molecule has 114 valence electrons. The van der Waals surface area contributed by atoms with Crippen LogP contribution in [0.1, 0.15) is 40.5 Å². The molecule has 1 heterocycles. The van der Waals surface area contributed by atoms with Gasteiger partial charge in [0.1, 0.15) is 0 Å². The fraction of sp³-hybridized carbons (Fsp3) is 0.500. The fourth-order valence-corrected chi connectivity index (χ4v) is 2.19. The minimum atomic E-state index is -0.0891. The first-order chi connectivity index (χ1) is 10.2. The van der Waals surface area contributed by atoms with Crippen LogP contribution in [-0.4, -0.2) is 49.6 Å². The van der Waals surface area contributed by atoms with Gasteiger partial charge < -0.3 is 15.0 Å². The Morgan fingerprint density at radius 2 is 1.76 bits per heavy atom. The molecule has 5 heteroatoms. The zero-order chi connectivity index (χ0) is 15.1. The molecular formula is C16H22N2O3. The summed E-state index contributed by atoms with van der Waals surface area (Å²) in [5, 5.41) is 2.86. The molecule has 1 aromatic rings. The second kappa shape index (κ2) is 7.78. The van der Waals surface area contributed by atoms with Gasteiger partial charge in [-0.3, -0.25) is 9.59 Å². The molecule has 1 N–H and O–H groups in total. The van der Waals surface area contributed by atoms with Gasteiger partial charge in [-0.1, -0.05) is 13.3 Å². The minimum Gasteiger partial charge on any atom is -0.378 e. The number of unbranched alkanes of at least 4 members (excludes halogenated alkanes) is 1. The molecule has 0 aliphatic carbocycles. The second-order valence-electron chi connectivity index (χ2n) is 5.09. The molecule has 1 aliphatic heterocycles. The fourth-order valence-electron chi connectivity index (χ4n) is 2.19. The van der Waals surface area contributed by atoms with Crippen molar-refractivity contribution in [3.63, 3.8) is 0 Å². The van der Waals surface area contributed by atoms with E-state index in [1.165, 1.54) is 0 Å². The molecule has 0 atom stereocenters. The number of carbonyl (C=O) groups excluding carboxylic acids is 2. The highest BCUT2D eigenvalue weighted by Crippen LogP contribution is 2.09. The van der Waals surface area contributed by atoms with E-state index in [1.54, 1.807) is 29.2 Å². The number of hydrogen-bond donors (Lipinski definition) is 1. The van der Waals surface area contributed by atoms with Gasteiger partial charge in [0, 0.05) is 30.8 Å². The van der Waals surface area contributed by atoms with Crippen molar-refractivity contribution in [3.05, 3.63) is 35.4 Å². The van der Waals surface area contributed by atoms with Crippen LogP contribution in [0.3, 0.4) is 0 Å². The zero-order valence-electron chi connectivity index (χ0n) is 12.4. The molecule has 1 aliphatic rings. The Balaban J connectivity index is 1.94. The highest BCUT2D eigenvalue weighted by Gasteiger charge is 2.18. The van der Waals surface area contributed by atoms with Crippen LogP contribution in [0.5, 0.6) is 0 Å². The average molecular weight is 290 g/mol. The molecule has 2 rings (SSSR count). The van der Waals surface area contributed by atoms with Gasteiger partial charge in [0.05, 0.1) is 13.2 Å². The Morgan fingerprint density at radius 3 is 2.38 bits per heavy atom. The molecular weight excluding hydrogens is 268 g/mol.